The quantitative estimate of drug-likeness (QED) is 0.661. The van der Waals surface area contributed by atoms with Crippen LogP contribution in [0.3, 0.4) is 0 Å². The van der Waals surface area contributed by atoms with Crippen molar-refractivity contribution in [3.63, 3.8) is 0 Å². The highest BCUT2D eigenvalue weighted by atomic mass is 32.2. The molecule has 1 aromatic rings. The van der Waals surface area contributed by atoms with Crippen molar-refractivity contribution in [2.45, 2.75) is 32.1 Å². The Morgan fingerprint density at radius 1 is 1.56 bits per heavy atom. The van der Waals surface area contributed by atoms with Crippen LogP contribution in [-0.4, -0.2) is 28.6 Å². The highest BCUT2D eigenvalue weighted by Gasteiger charge is 2.34. The smallest absolute Gasteiger partial charge is 0.294 e. The number of nitrogens with one attached hydrogen (secondary N) is 1. The zero-order valence-corrected chi connectivity index (χ0v) is 10.9. The predicted molar refractivity (Wildman–Crippen MR) is 66.2 cm³/mol. The van der Waals surface area contributed by atoms with Gasteiger partial charge < -0.3 is 5.73 Å². The summed E-state index contributed by atoms with van der Waals surface area (Å²) in [5, 5.41) is -1.42. The average molecular weight is 273 g/mol. The highest BCUT2D eigenvalue weighted by Crippen LogP contribution is 2.29. The molecule has 0 saturated carbocycles. The van der Waals surface area contributed by atoms with Crippen LogP contribution in [0.5, 0.6) is 0 Å². The van der Waals surface area contributed by atoms with Crippen LogP contribution in [0.2, 0.25) is 0 Å². The Kier molecular flexibility index (Phi) is 3.03. The van der Waals surface area contributed by atoms with Crippen molar-refractivity contribution in [2.75, 3.05) is 5.43 Å². The normalized spacial score (nSPS) is 19.1. The van der Waals surface area contributed by atoms with E-state index in [1.807, 2.05) is 6.92 Å². The number of guanidine groups is 1. The van der Waals surface area contributed by atoms with Gasteiger partial charge in [0.2, 0.25) is 11.3 Å². The Bertz CT molecular complexity index is 604. The maximum absolute atomic E-state index is 11.3. The SMILES string of the molecule is CCCc1nc(C)c2n1NC(N)=NC2S(=O)(=O)O. The van der Waals surface area contributed by atoms with Crippen LogP contribution in [0.1, 0.15) is 35.9 Å². The largest absolute Gasteiger partial charge is 0.369 e. The number of hydrogen-bond acceptors (Lipinski definition) is 6. The minimum absolute atomic E-state index is 0.0696. The van der Waals surface area contributed by atoms with E-state index in [0.29, 0.717) is 23.6 Å². The lowest BCUT2D eigenvalue weighted by Gasteiger charge is -2.22. The zero-order valence-electron chi connectivity index (χ0n) is 10.1. The molecular weight excluding hydrogens is 258 g/mol. The zero-order chi connectivity index (χ0) is 13.5. The number of nitrogens with zero attached hydrogens (tertiary/aromatic N) is 3. The summed E-state index contributed by atoms with van der Waals surface area (Å²) in [6.45, 7) is 3.65. The summed E-state index contributed by atoms with van der Waals surface area (Å²) in [5.74, 6) is 0.594. The Balaban J connectivity index is 2.61. The van der Waals surface area contributed by atoms with Crippen molar-refractivity contribution in [1.82, 2.24) is 9.66 Å². The first kappa shape index (κ1) is 12.8. The molecular formula is C9H15N5O3S. The van der Waals surface area contributed by atoms with Crippen molar-refractivity contribution in [1.29, 1.82) is 0 Å². The van der Waals surface area contributed by atoms with E-state index in [1.165, 1.54) is 4.68 Å². The molecule has 9 heteroatoms. The standard InChI is InChI=1S/C9H15N5O3S/c1-3-4-6-11-5(2)7-8(18(15,16)17)12-9(10)13-14(6)7/h8H,3-4H2,1-2H3,(H3,10,12,13)(H,15,16,17). The van der Waals surface area contributed by atoms with Gasteiger partial charge in [0.25, 0.3) is 10.1 Å². The fourth-order valence-electron chi connectivity index (χ4n) is 1.95. The summed E-state index contributed by atoms with van der Waals surface area (Å²) in [5.41, 5.74) is 9.07. The summed E-state index contributed by atoms with van der Waals surface area (Å²) >= 11 is 0. The number of nitrogens with two attached hydrogens (primary N) is 1. The van der Waals surface area contributed by atoms with Crippen LogP contribution in [0.4, 0.5) is 0 Å². The first-order chi connectivity index (χ1) is 8.34. The number of aryl methyl sites for hydroxylation is 2. The third-order valence-corrected chi connectivity index (χ3v) is 3.53. The summed E-state index contributed by atoms with van der Waals surface area (Å²) in [6, 6.07) is 0. The molecule has 1 aliphatic rings. The molecule has 100 valence electrons. The topological polar surface area (TPSA) is 123 Å². The van der Waals surface area contributed by atoms with Gasteiger partial charge in [-0.05, 0) is 13.3 Å². The van der Waals surface area contributed by atoms with E-state index in [1.54, 1.807) is 6.92 Å². The third-order valence-electron chi connectivity index (χ3n) is 2.64. The number of fused-ring (bicyclic) bond motifs is 1. The number of aromatic nitrogens is 2. The third kappa shape index (κ3) is 2.06. The minimum atomic E-state index is -4.36. The highest BCUT2D eigenvalue weighted by molar-refractivity contribution is 7.86. The van der Waals surface area contributed by atoms with Gasteiger partial charge in [0.15, 0.2) is 0 Å². The van der Waals surface area contributed by atoms with E-state index < -0.39 is 15.5 Å². The van der Waals surface area contributed by atoms with E-state index in [2.05, 4.69) is 15.4 Å². The number of aliphatic imine (C=N–C) groups is 1. The fraction of sp³-hybridized carbons (Fsp3) is 0.556. The molecule has 0 bridgehead atoms. The van der Waals surface area contributed by atoms with Crippen LogP contribution < -0.4 is 11.2 Å². The van der Waals surface area contributed by atoms with Gasteiger partial charge in [0.05, 0.1) is 5.69 Å². The summed E-state index contributed by atoms with van der Waals surface area (Å²) in [7, 11) is -4.36. The summed E-state index contributed by atoms with van der Waals surface area (Å²) < 4.78 is 33.4. The Morgan fingerprint density at radius 3 is 2.78 bits per heavy atom. The molecule has 2 heterocycles. The van der Waals surface area contributed by atoms with Gasteiger partial charge in [-0.15, -0.1) is 0 Å². The molecule has 8 nitrogen and oxygen atoms in total. The van der Waals surface area contributed by atoms with E-state index in [4.69, 9.17) is 5.73 Å². The molecule has 4 N–H and O–H groups in total. The molecule has 1 atom stereocenters. The van der Waals surface area contributed by atoms with Crippen molar-refractivity contribution in [2.24, 2.45) is 10.7 Å². The fourth-order valence-corrected chi connectivity index (χ4v) is 2.75. The van der Waals surface area contributed by atoms with Crippen LogP contribution in [-0.2, 0) is 16.5 Å². The molecule has 0 radical (unpaired) electrons. The van der Waals surface area contributed by atoms with Gasteiger partial charge in [-0.2, -0.15) is 8.42 Å². The first-order valence-corrected chi connectivity index (χ1v) is 6.99. The van der Waals surface area contributed by atoms with E-state index >= 15 is 0 Å². The van der Waals surface area contributed by atoms with Gasteiger partial charge in [-0.1, -0.05) is 6.92 Å². The maximum Gasteiger partial charge on any atom is 0.294 e. The van der Waals surface area contributed by atoms with Crippen molar-refractivity contribution >= 4 is 16.1 Å². The molecule has 2 rings (SSSR count). The second-order valence-electron chi connectivity index (χ2n) is 4.08. The molecule has 0 aliphatic carbocycles. The van der Waals surface area contributed by atoms with Gasteiger partial charge in [-0.3, -0.25) is 9.98 Å². The number of hydrogen-bond donors (Lipinski definition) is 3. The maximum atomic E-state index is 11.3. The molecule has 0 saturated heterocycles. The molecule has 0 aromatic carbocycles. The van der Waals surface area contributed by atoms with E-state index in [0.717, 1.165) is 6.42 Å². The van der Waals surface area contributed by atoms with E-state index in [9.17, 15) is 13.0 Å². The lowest BCUT2D eigenvalue weighted by molar-refractivity contribution is 0.466. The van der Waals surface area contributed by atoms with Crippen molar-refractivity contribution in [3.05, 3.63) is 17.2 Å². The Hall–Kier alpha value is -1.61. The lowest BCUT2D eigenvalue weighted by Crippen LogP contribution is -2.38. The van der Waals surface area contributed by atoms with Gasteiger partial charge in [0.1, 0.15) is 11.5 Å². The van der Waals surface area contributed by atoms with Gasteiger partial charge in [0, 0.05) is 6.42 Å². The molecule has 18 heavy (non-hydrogen) atoms. The number of rotatable bonds is 3. The summed E-state index contributed by atoms with van der Waals surface area (Å²) in [6.07, 6.45) is 1.52. The average Bonchev–Trinajstić information content (AvgIpc) is 2.54. The van der Waals surface area contributed by atoms with Gasteiger partial charge in [-0.25, -0.2) is 14.7 Å². The second kappa shape index (κ2) is 4.25. The predicted octanol–water partition coefficient (Wildman–Crippen LogP) is -0.0978. The van der Waals surface area contributed by atoms with Crippen LogP contribution in [0, 0.1) is 6.92 Å². The van der Waals surface area contributed by atoms with E-state index in [-0.39, 0.29) is 5.96 Å². The van der Waals surface area contributed by atoms with Crippen LogP contribution >= 0.6 is 0 Å². The second-order valence-corrected chi connectivity index (χ2v) is 5.55. The number of imidazole rings is 1. The monoisotopic (exact) mass is 273 g/mol. The molecule has 1 aliphatic heterocycles. The van der Waals surface area contributed by atoms with Gasteiger partial charge >= 0.3 is 0 Å². The molecule has 0 amide bonds. The minimum Gasteiger partial charge on any atom is -0.369 e. The van der Waals surface area contributed by atoms with Crippen molar-refractivity contribution < 1.29 is 13.0 Å². The Morgan fingerprint density at radius 2 is 2.22 bits per heavy atom. The van der Waals surface area contributed by atoms with Crippen LogP contribution in [0.25, 0.3) is 0 Å². The van der Waals surface area contributed by atoms with Crippen LogP contribution in [0.15, 0.2) is 4.99 Å². The Labute approximate surface area is 105 Å². The molecule has 0 spiro atoms. The molecule has 0 fully saturated rings. The first-order valence-electron chi connectivity index (χ1n) is 5.49. The molecule has 1 aromatic heterocycles. The molecule has 1 unspecified atom stereocenters. The summed E-state index contributed by atoms with van der Waals surface area (Å²) in [4.78, 5) is 7.99. The lowest BCUT2D eigenvalue weighted by atomic mass is 10.3. The van der Waals surface area contributed by atoms with Crippen molar-refractivity contribution in [3.8, 4) is 0 Å².